The molecular formula is C9H6F2O3. The number of carbonyl (C=O) groups excluding carboxylic acids is 1. The molecule has 0 unspecified atom stereocenters. The third-order valence-corrected chi connectivity index (χ3v) is 1.53. The van der Waals surface area contributed by atoms with Gasteiger partial charge in [0.25, 0.3) is 0 Å². The summed E-state index contributed by atoms with van der Waals surface area (Å²) in [6, 6.07) is 2.49. The lowest BCUT2D eigenvalue weighted by Gasteiger charge is -1.98. The molecule has 0 bridgehead atoms. The molecule has 1 aromatic carbocycles. The van der Waals surface area contributed by atoms with E-state index in [4.69, 9.17) is 5.11 Å². The Hall–Kier alpha value is -1.78. The van der Waals surface area contributed by atoms with Crippen LogP contribution >= 0.6 is 0 Å². The molecule has 0 aromatic heterocycles. The van der Waals surface area contributed by atoms with Crippen molar-refractivity contribution in [3.63, 3.8) is 0 Å². The molecular weight excluding hydrogens is 194 g/mol. The molecule has 1 N–H and O–H groups in total. The van der Waals surface area contributed by atoms with Crippen molar-refractivity contribution in [1.29, 1.82) is 0 Å². The molecule has 0 heterocycles. The van der Waals surface area contributed by atoms with Crippen LogP contribution in [0.4, 0.5) is 8.78 Å². The molecule has 0 saturated heterocycles. The molecule has 0 radical (unpaired) electrons. The molecule has 0 amide bonds. The fourth-order valence-electron chi connectivity index (χ4n) is 0.974. The number of carboxylic acid groups (broad SMARTS) is 1. The van der Waals surface area contributed by atoms with Gasteiger partial charge in [0.1, 0.15) is 11.6 Å². The minimum Gasteiger partial charge on any atom is -0.475 e. The lowest BCUT2D eigenvalue weighted by molar-refractivity contribution is -0.148. The quantitative estimate of drug-likeness (QED) is 0.745. The molecule has 3 nitrogen and oxygen atoms in total. The molecule has 0 aliphatic rings. The number of carbonyl (C=O) groups is 2. The largest absolute Gasteiger partial charge is 0.475 e. The molecule has 1 aromatic rings. The van der Waals surface area contributed by atoms with Gasteiger partial charge in [0.05, 0.1) is 0 Å². The number of Topliss-reactive ketones (excluding diaryl/α,β-unsaturated/α-hetero) is 1. The van der Waals surface area contributed by atoms with Crippen molar-refractivity contribution in [2.24, 2.45) is 0 Å². The van der Waals surface area contributed by atoms with Gasteiger partial charge < -0.3 is 5.11 Å². The van der Waals surface area contributed by atoms with Gasteiger partial charge in [0, 0.05) is 12.5 Å². The van der Waals surface area contributed by atoms with Gasteiger partial charge in [-0.2, -0.15) is 0 Å². The van der Waals surface area contributed by atoms with Gasteiger partial charge in [-0.3, -0.25) is 4.79 Å². The highest BCUT2D eigenvalue weighted by atomic mass is 19.1. The molecule has 0 aliphatic carbocycles. The van der Waals surface area contributed by atoms with E-state index < -0.39 is 29.8 Å². The van der Waals surface area contributed by atoms with Crippen molar-refractivity contribution in [3.8, 4) is 0 Å². The average Bonchev–Trinajstić information content (AvgIpc) is 2.01. The van der Waals surface area contributed by atoms with Gasteiger partial charge in [0.15, 0.2) is 0 Å². The molecule has 0 atom stereocenters. The first-order valence-electron chi connectivity index (χ1n) is 3.70. The minimum absolute atomic E-state index is 0.00917. The Bertz CT molecular complexity index is 367. The van der Waals surface area contributed by atoms with Gasteiger partial charge >= 0.3 is 5.97 Å². The Morgan fingerprint density at radius 1 is 1.14 bits per heavy atom. The summed E-state index contributed by atoms with van der Waals surface area (Å²) in [6.07, 6.45) is -0.510. The third-order valence-electron chi connectivity index (χ3n) is 1.53. The van der Waals surface area contributed by atoms with Crippen LogP contribution in [0.2, 0.25) is 0 Å². The van der Waals surface area contributed by atoms with Crippen LogP contribution in [0.15, 0.2) is 18.2 Å². The van der Waals surface area contributed by atoms with Crippen molar-refractivity contribution < 1.29 is 23.5 Å². The fraction of sp³-hybridized carbons (Fsp3) is 0.111. The van der Waals surface area contributed by atoms with Crippen molar-refractivity contribution in [2.45, 2.75) is 6.42 Å². The zero-order valence-corrected chi connectivity index (χ0v) is 6.96. The first-order chi connectivity index (χ1) is 6.49. The van der Waals surface area contributed by atoms with E-state index in [0.717, 1.165) is 12.1 Å². The van der Waals surface area contributed by atoms with Gasteiger partial charge in [-0.15, -0.1) is 0 Å². The highest BCUT2D eigenvalue weighted by Gasteiger charge is 2.13. The van der Waals surface area contributed by atoms with Crippen LogP contribution in [-0.4, -0.2) is 16.9 Å². The van der Waals surface area contributed by atoms with E-state index in [2.05, 4.69) is 0 Å². The fourth-order valence-corrected chi connectivity index (χ4v) is 0.974. The maximum atomic E-state index is 12.6. The number of carboxylic acids is 1. The smallest absolute Gasteiger partial charge is 0.372 e. The molecule has 0 fully saturated rings. The predicted octanol–water partition coefficient (Wildman–Crippen LogP) is 1.16. The minimum atomic E-state index is -1.62. The first-order valence-corrected chi connectivity index (χ1v) is 3.70. The van der Waals surface area contributed by atoms with E-state index >= 15 is 0 Å². The van der Waals surface area contributed by atoms with Gasteiger partial charge in [-0.05, 0) is 17.7 Å². The molecule has 5 heteroatoms. The molecule has 0 saturated carbocycles. The van der Waals surface area contributed by atoms with Crippen LogP contribution in [0.1, 0.15) is 5.56 Å². The molecule has 74 valence electrons. The maximum absolute atomic E-state index is 12.6. The van der Waals surface area contributed by atoms with Crippen LogP contribution < -0.4 is 0 Å². The average molecular weight is 200 g/mol. The zero-order valence-electron chi connectivity index (χ0n) is 6.96. The second-order valence-electron chi connectivity index (χ2n) is 2.68. The zero-order chi connectivity index (χ0) is 10.7. The summed E-state index contributed by atoms with van der Waals surface area (Å²) in [5.74, 6) is -4.39. The Morgan fingerprint density at radius 3 is 2.07 bits per heavy atom. The van der Waals surface area contributed by atoms with Crippen LogP contribution in [0, 0.1) is 11.6 Å². The van der Waals surface area contributed by atoms with E-state index in [9.17, 15) is 18.4 Å². The normalized spacial score (nSPS) is 9.86. The molecule has 0 aliphatic heterocycles. The van der Waals surface area contributed by atoms with Crippen molar-refractivity contribution >= 4 is 11.8 Å². The Balaban J connectivity index is 2.87. The monoisotopic (exact) mass is 200 g/mol. The standard InChI is InChI=1S/C9H6F2O3/c10-6-1-5(2-7(11)4-6)3-8(12)9(13)14/h1-2,4H,3H2,(H,13,14). The number of rotatable bonds is 3. The van der Waals surface area contributed by atoms with Gasteiger partial charge in [-0.1, -0.05) is 0 Å². The van der Waals surface area contributed by atoms with Crippen LogP contribution in [0.5, 0.6) is 0 Å². The van der Waals surface area contributed by atoms with E-state index in [0.29, 0.717) is 6.07 Å². The van der Waals surface area contributed by atoms with Crippen LogP contribution in [0.3, 0.4) is 0 Å². The molecule has 14 heavy (non-hydrogen) atoms. The highest BCUT2D eigenvalue weighted by molar-refractivity contribution is 6.33. The summed E-state index contributed by atoms with van der Waals surface area (Å²) in [5, 5.41) is 8.24. The first kappa shape index (κ1) is 10.3. The summed E-state index contributed by atoms with van der Waals surface area (Å²) >= 11 is 0. The second kappa shape index (κ2) is 3.95. The molecule has 0 spiro atoms. The topological polar surface area (TPSA) is 54.4 Å². The van der Waals surface area contributed by atoms with E-state index in [1.54, 1.807) is 0 Å². The number of ketones is 1. The van der Waals surface area contributed by atoms with Crippen LogP contribution in [-0.2, 0) is 16.0 Å². The molecule has 1 rings (SSSR count). The lowest BCUT2D eigenvalue weighted by Crippen LogP contribution is -2.15. The Morgan fingerprint density at radius 2 is 1.64 bits per heavy atom. The summed E-state index contributed by atoms with van der Waals surface area (Å²) in [4.78, 5) is 20.8. The summed E-state index contributed by atoms with van der Waals surface area (Å²) in [6.45, 7) is 0. The van der Waals surface area contributed by atoms with Gasteiger partial charge in [-0.25, -0.2) is 13.6 Å². The summed E-state index contributed by atoms with van der Waals surface area (Å²) < 4.78 is 25.2. The number of benzene rings is 1. The predicted molar refractivity (Wildman–Crippen MR) is 42.7 cm³/mol. The third kappa shape index (κ3) is 2.62. The van der Waals surface area contributed by atoms with Gasteiger partial charge in [0.2, 0.25) is 5.78 Å². The summed E-state index contributed by atoms with van der Waals surface area (Å²) in [7, 11) is 0. The Kier molecular flexibility index (Phi) is 2.91. The number of hydrogen-bond donors (Lipinski definition) is 1. The number of hydrogen-bond acceptors (Lipinski definition) is 2. The van der Waals surface area contributed by atoms with Crippen molar-refractivity contribution in [1.82, 2.24) is 0 Å². The van der Waals surface area contributed by atoms with Crippen molar-refractivity contribution in [2.75, 3.05) is 0 Å². The number of aliphatic carboxylic acids is 1. The van der Waals surface area contributed by atoms with E-state index in [-0.39, 0.29) is 5.56 Å². The Labute approximate surface area is 78.0 Å². The highest BCUT2D eigenvalue weighted by Crippen LogP contribution is 2.08. The maximum Gasteiger partial charge on any atom is 0.372 e. The van der Waals surface area contributed by atoms with E-state index in [1.165, 1.54) is 0 Å². The number of halogens is 2. The van der Waals surface area contributed by atoms with E-state index in [1.807, 2.05) is 0 Å². The SMILES string of the molecule is O=C(O)C(=O)Cc1cc(F)cc(F)c1. The lowest BCUT2D eigenvalue weighted by atomic mass is 10.1. The second-order valence-corrected chi connectivity index (χ2v) is 2.68. The van der Waals surface area contributed by atoms with Crippen molar-refractivity contribution in [3.05, 3.63) is 35.4 Å². The summed E-state index contributed by atoms with van der Waals surface area (Å²) in [5.41, 5.74) is 0.00917. The van der Waals surface area contributed by atoms with Crippen LogP contribution in [0.25, 0.3) is 0 Å².